The van der Waals surface area contributed by atoms with E-state index >= 15 is 0 Å². The molecule has 3 heterocycles. The fourth-order valence-electron chi connectivity index (χ4n) is 3.59. The number of anilines is 2. The quantitative estimate of drug-likeness (QED) is 0.322. The number of hydrogen-bond donors (Lipinski definition) is 1. The minimum atomic E-state index is -0.436. The van der Waals surface area contributed by atoms with Crippen molar-refractivity contribution in [1.82, 2.24) is 15.4 Å². The molecular formula is C23H19N5O3S2. The molecule has 0 atom stereocenters. The number of para-hydroxylation sites is 1. The number of fused-ring (bicyclic) bond motifs is 1. The van der Waals surface area contributed by atoms with E-state index in [-0.39, 0.29) is 17.4 Å². The zero-order valence-corrected chi connectivity index (χ0v) is 19.1. The molecular weight excluding hydrogens is 458 g/mol. The van der Waals surface area contributed by atoms with E-state index in [1.54, 1.807) is 6.07 Å². The summed E-state index contributed by atoms with van der Waals surface area (Å²) < 4.78 is 5.88. The third kappa shape index (κ3) is 4.81. The van der Waals surface area contributed by atoms with Crippen LogP contribution in [-0.4, -0.2) is 39.5 Å². The van der Waals surface area contributed by atoms with E-state index in [0.29, 0.717) is 15.2 Å². The normalized spacial score (nSPS) is 12.9. The molecule has 5 rings (SSSR count). The molecule has 0 fully saturated rings. The summed E-state index contributed by atoms with van der Waals surface area (Å²) in [5.41, 5.74) is 3.17. The van der Waals surface area contributed by atoms with Crippen LogP contribution < -0.4 is 10.2 Å². The van der Waals surface area contributed by atoms with E-state index in [4.69, 9.17) is 4.52 Å². The Morgan fingerprint density at radius 1 is 1.09 bits per heavy atom. The second-order valence-electron chi connectivity index (χ2n) is 7.34. The third-order valence-corrected chi connectivity index (χ3v) is 7.12. The fourth-order valence-corrected chi connectivity index (χ4v) is 5.22. The van der Waals surface area contributed by atoms with Crippen molar-refractivity contribution >= 4 is 45.7 Å². The minimum Gasteiger partial charge on any atom is -0.355 e. The maximum atomic E-state index is 12.8. The molecule has 2 amide bonds. The summed E-state index contributed by atoms with van der Waals surface area (Å²) in [6.07, 6.45) is 1.95. The van der Waals surface area contributed by atoms with Gasteiger partial charge in [-0.1, -0.05) is 76.8 Å². The second kappa shape index (κ2) is 9.55. The van der Waals surface area contributed by atoms with E-state index in [0.717, 1.165) is 30.6 Å². The number of hydrogen-bond acceptors (Lipinski definition) is 8. The van der Waals surface area contributed by atoms with Gasteiger partial charge in [0.05, 0.1) is 5.75 Å². The zero-order valence-electron chi connectivity index (χ0n) is 17.4. The van der Waals surface area contributed by atoms with Crippen LogP contribution >= 0.6 is 23.1 Å². The van der Waals surface area contributed by atoms with Crippen LogP contribution in [0.1, 0.15) is 22.5 Å². The van der Waals surface area contributed by atoms with Gasteiger partial charge in [0.2, 0.25) is 11.0 Å². The number of rotatable bonds is 6. The molecule has 0 unspecified atom stereocenters. The van der Waals surface area contributed by atoms with Gasteiger partial charge in [-0.25, -0.2) is 0 Å². The SMILES string of the molecule is O=C(Nc1nnc(SCC(=O)N2CCCc3ccccc32)s1)c1cc(-c2ccccc2)on1. The minimum absolute atomic E-state index is 0.0315. The van der Waals surface area contributed by atoms with Gasteiger partial charge in [0, 0.05) is 23.9 Å². The predicted octanol–water partition coefficient (Wildman–Crippen LogP) is 4.52. The maximum Gasteiger partial charge on any atom is 0.279 e. The maximum absolute atomic E-state index is 12.8. The van der Waals surface area contributed by atoms with Crippen molar-refractivity contribution in [2.75, 3.05) is 22.5 Å². The van der Waals surface area contributed by atoms with E-state index in [9.17, 15) is 9.59 Å². The lowest BCUT2D eigenvalue weighted by atomic mass is 10.0. The molecule has 0 radical (unpaired) electrons. The molecule has 10 heteroatoms. The highest BCUT2D eigenvalue weighted by atomic mass is 32.2. The van der Waals surface area contributed by atoms with Gasteiger partial charge in [-0.3, -0.25) is 14.9 Å². The van der Waals surface area contributed by atoms with Gasteiger partial charge >= 0.3 is 0 Å². The molecule has 1 aliphatic rings. The largest absolute Gasteiger partial charge is 0.355 e. The number of aromatic nitrogens is 3. The number of thioether (sulfide) groups is 1. The summed E-state index contributed by atoms with van der Waals surface area (Å²) in [7, 11) is 0. The monoisotopic (exact) mass is 477 g/mol. The Labute approximate surface area is 198 Å². The van der Waals surface area contributed by atoms with Gasteiger partial charge in [0.15, 0.2) is 15.8 Å². The number of nitrogens with zero attached hydrogens (tertiary/aromatic N) is 4. The highest BCUT2D eigenvalue weighted by Gasteiger charge is 2.23. The predicted molar refractivity (Wildman–Crippen MR) is 128 cm³/mol. The lowest BCUT2D eigenvalue weighted by Gasteiger charge is -2.29. The Balaban J connectivity index is 1.18. The van der Waals surface area contributed by atoms with Crippen LogP contribution in [0, 0.1) is 0 Å². The van der Waals surface area contributed by atoms with Crippen molar-refractivity contribution in [2.24, 2.45) is 0 Å². The molecule has 33 heavy (non-hydrogen) atoms. The van der Waals surface area contributed by atoms with E-state index in [1.807, 2.05) is 53.4 Å². The molecule has 4 aromatic rings. The van der Waals surface area contributed by atoms with Crippen LogP contribution in [0.5, 0.6) is 0 Å². The third-order valence-electron chi connectivity index (χ3n) is 5.16. The lowest BCUT2D eigenvalue weighted by molar-refractivity contribution is -0.116. The number of amides is 2. The topological polar surface area (TPSA) is 101 Å². The Bertz CT molecular complexity index is 1290. The molecule has 0 bridgehead atoms. The van der Waals surface area contributed by atoms with Crippen LogP contribution in [0.25, 0.3) is 11.3 Å². The van der Waals surface area contributed by atoms with Crippen LogP contribution in [0.4, 0.5) is 10.8 Å². The van der Waals surface area contributed by atoms with Crippen LogP contribution in [0.3, 0.4) is 0 Å². The Kier molecular flexibility index (Phi) is 6.18. The Hall–Kier alpha value is -3.50. The first-order valence-electron chi connectivity index (χ1n) is 10.4. The summed E-state index contributed by atoms with van der Waals surface area (Å²) in [6, 6.07) is 19.0. The van der Waals surface area contributed by atoms with Gasteiger partial charge < -0.3 is 9.42 Å². The molecule has 166 valence electrons. The molecule has 8 nitrogen and oxygen atoms in total. The second-order valence-corrected chi connectivity index (χ2v) is 9.54. The first-order chi connectivity index (χ1) is 16.2. The number of carbonyl (C=O) groups excluding carboxylic acids is 2. The first-order valence-corrected chi connectivity index (χ1v) is 12.2. The van der Waals surface area contributed by atoms with Gasteiger partial charge in [-0.15, -0.1) is 10.2 Å². The van der Waals surface area contributed by atoms with Gasteiger partial charge in [-0.2, -0.15) is 0 Å². The Morgan fingerprint density at radius 2 is 1.91 bits per heavy atom. The first kappa shape index (κ1) is 21.4. The average molecular weight is 478 g/mol. The highest BCUT2D eigenvalue weighted by Crippen LogP contribution is 2.30. The molecule has 0 aliphatic carbocycles. The number of carbonyl (C=O) groups is 2. The summed E-state index contributed by atoms with van der Waals surface area (Å²) in [5.74, 6) is 0.353. The van der Waals surface area contributed by atoms with Gasteiger partial charge in [-0.05, 0) is 24.5 Å². The summed E-state index contributed by atoms with van der Waals surface area (Å²) in [6.45, 7) is 0.719. The van der Waals surface area contributed by atoms with Crippen molar-refractivity contribution < 1.29 is 14.1 Å². The van der Waals surface area contributed by atoms with Crippen molar-refractivity contribution in [3.8, 4) is 11.3 Å². The highest BCUT2D eigenvalue weighted by molar-refractivity contribution is 8.01. The number of nitrogens with one attached hydrogen (secondary N) is 1. The van der Waals surface area contributed by atoms with Crippen molar-refractivity contribution in [3.05, 3.63) is 71.9 Å². The summed E-state index contributed by atoms with van der Waals surface area (Å²) in [5, 5.41) is 14.9. The Morgan fingerprint density at radius 3 is 2.79 bits per heavy atom. The van der Waals surface area contributed by atoms with Crippen molar-refractivity contribution in [3.63, 3.8) is 0 Å². The molecule has 2 aromatic heterocycles. The molecule has 1 aliphatic heterocycles. The van der Waals surface area contributed by atoms with Crippen molar-refractivity contribution in [1.29, 1.82) is 0 Å². The molecule has 0 spiro atoms. The number of aryl methyl sites for hydroxylation is 1. The molecule has 2 aromatic carbocycles. The van der Waals surface area contributed by atoms with Crippen molar-refractivity contribution in [2.45, 2.75) is 17.2 Å². The lowest BCUT2D eigenvalue weighted by Crippen LogP contribution is -2.36. The van der Waals surface area contributed by atoms with E-state index in [1.165, 1.54) is 28.7 Å². The van der Waals surface area contributed by atoms with Gasteiger partial charge in [0.25, 0.3) is 5.91 Å². The standard InChI is InChI=1S/C23H19N5O3S2/c29-20(28-12-6-10-15-7-4-5-11-18(15)28)14-32-23-26-25-22(33-23)24-21(30)17-13-19(31-27-17)16-8-2-1-3-9-16/h1-5,7-9,11,13H,6,10,12,14H2,(H,24,25,30). The van der Waals surface area contributed by atoms with Crippen LogP contribution in [0.15, 0.2) is 69.5 Å². The molecule has 0 saturated carbocycles. The average Bonchev–Trinajstić information content (AvgIpc) is 3.53. The van der Waals surface area contributed by atoms with Crippen LogP contribution in [-0.2, 0) is 11.2 Å². The van der Waals surface area contributed by atoms with Gasteiger partial charge in [0.1, 0.15) is 0 Å². The summed E-state index contributed by atoms with van der Waals surface area (Å²) >= 11 is 2.52. The fraction of sp³-hybridized carbons (Fsp3) is 0.174. The number of benzene rings is 2. The summed E-state index contributed by atoms with van der Waals surface area (Å²) in [4.78, 5) is 27.1. The van der Waals surface area contributed by atoms with E-state index in [2.05, 4.69) is 26.7 Å². The molecule has 0 saturated heterocycles. The van der Waals surface area contributed by atoms with E-state index < -0.39 is 5.91 Å². The zero-order chi connectivity index (χ0) is 22.6. The van der Waals surface area contributed by atoms with Crippen LogP contribution in [0.2, 0.25) is 0 Å². The molecule has 1 N–H and O–H groups in total. The smallest absolute Gasteiger partial charge is 0.279 e.